The third-order valence-electron chi connectivity index (χ3n) is 2.99. The Kier molecular flexibility index (Phi) is 3.64. The minimum atomic E-state index is -0.303. The molecule has 1 atom stereocenters. The van der Waals surface area contributed by atoms with Gasteiger partial charge in [-0.25, -0.2) is 4.79 Å². The van der Waals surface area contributed by atoms with E-state index in [-0.39, 0.29) is 18.6 Å². The van der Waals surface area contributed by atoms with Crippen molar-refractivity contribution in [1.82, 2.24) is 0 Å². The lowest BCUT2D eigenvalue weighted by Crippen LogP contribution is -2.43. The minimum Gasteiger partial charge on any atom is -0.449 e. The predicted octanol–water partition coefficient (Wildman–Crippen LogP) is 1.95. The Morgan fingerprint density at radius 2 is 2.12 bits per heavy atom. The van der Waals surface area contributed by atoms with Crippen LogP contribution in [-0.4, -0.2) is 31.0 Å². The fourth-order valence-corrected chi connectivity index (χ4v) is 1.95. The molecule has 1 amide bonds. The number of amides is 1. The van der Waals surface area contributed by atoms with Gasteiger partial charge in [-0.1, -0.05) is 17.7 Å². The molecule has 1 aliphatic rings. The molecule has 2 rings (SSSR count). The molecule has 17 heavy (non-hydrogen) atoms. The minimum absolute atomic E-state index is 0.129. The summed E-state index contributed by atoms with van der Waals surface area (Å²) in [6.07, 6.45) is 0.360. The first-order chi connectivity index (χ1) is 8.20. The zero-order chi connectivity index (χ0) is 12.3. The monoisotopic (exact) mass is 235 g/mol. The molecule has 1 fully saturated rings. The van der Waals surface area contributed by atoms with Crippen LogP contribution in [0.15, 0.2) is 24.3 Å². The number of anilines is 1. The summed E-state index contributed by atoms with van der Waals surface area (Å²) in [5.74, 6) is 0.207. The molecule has 92 valence electrons. The Morgan fingerprint density at radius 1 is 1.41 bits per heavy atom. The summed E-state index contributed by atoms with van der Waals surface area (Å²) in [7, 11) is 0. The van der Waals surface area contributed by atoms with Crippen molar-refractivity contribution in [2.75, 3.05) is 24.7 Å². The highest BCUT2D eigenvalue weighted by molar-refractivity contribution is 5.88. The topological polar surface area (TPSA) is 49.8 Å². The van der Waals surface area contributed by atoms with E-state index in [1.807, 2.05) is 31.2 Å². The maximum absolute atomic E-state index is 11.7. The fourth-order valence-electron chi connectivity index (χ4n) is 1.95. The number of rotatable bonds is 3. The largest absolute Gasteiger partial charge is 0.449 e. The molecule has 1 aromatic rings. The van der Waals surface area contributed by atoms with E-state index in [1.165, 1.54) is 0 Å². The summed E-state index contributed by atoms with van der Waals surface area (Å²) in [6, 6.07) is 7.77. The predicted molar refractivity (Wildman–Crippen MR) is 65.1 cm³/mol. The molecule has 1 unspecified atom stereocenters. The maximum Gasteiger partial charge on any atom is 0.414 e. The highest BCUT2D eigenvalue weighted by atomic mass is 16.6. The summed E-state index contributed by atoms with van der Waals surface area (Å²) in [6.45, 7) is 3.15. The van der Waals surface area contributed by atoms with Crippen LogP contribution in [0.1, 0.15) is 12.0 Å². The summed E-state index contributed by atoms with van der Waals surface area (Å²) in [5, 5.41) is 8.92. The molecule has 4 nitrogen and oxygen atoms in total. The van der Waals surface area contributed by atoms with Gasteiger partial charge in [-0.15, -0.1) is 0 Å². The summed E-state index contributed by atoms with van der Waals surface area (Å²) in [5.41, 5.74) is 2.01. The van der Waals surface area contributed by atoms with Crippen molar-refractivity contribution in [3.63, 3.8) is 0 Å². The molecule has 1 aromatic carbocycles. The molecule has 0 aliphatic carbocycles. The van der Waals surface area contributed by atoms with Gasteiger partial charge in [-0.3, -0.25) is 4.90 Å². The zero-order valence-corrected chi connectivity index (χ0v) is 9.93. The number of carbonyl (C=O) groups is 1. The van der Waals surface area contributed by atoms with Crippen molar-refractivity contribution < 1.29 is 14.6 Å². The van der Waals surface area contributed by atoms with Gasteiger partial charge in [0.25, 0.3) is 0 Å². The van der Waals surface area contributed by atoms with Gasteiger partial charge in [0.2, 0.25) is 0 Å². The van der Waals surface area contributed by atoms with E-state index in [1.54, 1.807) is 4.90 Å². The van der Waals surface area contributed by atoms with Crippen LogP contribution in [0.3, 0.4) is 0 Å². The van der Waals surface area contributed by atoms with E-state index in [2.05, 4.69) is 0 Å². The second-order valence-corrected chi connectivity index (χ2v) is 4.40. The number of hydrogen-bond acceptors (Lipinski definition) is 3. The molecule has 0 bridgehead atoms. The van der Waals surface area contributed by atoms with Crippen molar-refractivity contribution in [3.05, 3.63) is 29.8 Å². The van der Waals surface area contributed by atoms with Crippen molar-refractivity contribution in [2.24, 2.45) is 5.92 Å². The van der Waals surface area contributed by atoms with E-state index in [4.69, 9.17) is 9.84 Å². The lowest BCUT2D eigenvalue weighted by atomic mass is 10.1. The Hall–Kier alpha value is -1.55. The summed E-state index contributed by atoms with van der Waals surface area (Å²) in [4.78, 5) is 13.3. The number of aliphatic hydroxyl groups excluding tert-OH is 1. The standard InChI is InChI=1S/C13H17NO3/c1-10-2-4-12(5-3-10)14-8-11(6-7-15)9-17-13(14)16/h2-5,11,15H,6-9H2,1H3. The molecule has 4 heteroatoms. The van der Waals surface area contributed by atoms with Crippen molar-refractivity contribution in [1.29, 1.82) is 0 Å². The summed E-state index contributed by atoms with van der Waals surface area (Å²) >= 11 is 0. The van der Waals surface area contributed by atoms with Crippen LogP contribution in [-0.2, 0) is 4.74 Å². The third kappa shape index (κ3) is 2.77. The molecule has 0 saturated carbocycles. The molecule has 0 aromatic heterocycles. The number of carbonyl (C=O) groups excluding carboxylic acids is 1. The van der Waals surface area contributed by atoms with Crippen LogP contribution in [0.25, 0.3) is 0 Å². The Bertz CT molecular complexity index is 388. The van der Waals surface area contributed by atoms with Crippen molar-refractivity contribution in [3.8, 4) is 0 Å². The number of nitrogens with zero attached hydrogens (tertiary/aromatic N) is 1. The van der Waals surface area contributed by atoms with E-state index >= 15 is 0 Å². The Labute approximate surface area is 101 Å². The fraction of sp³-hybridized carbons (Fsp3) is 0.462. The molecular weight excluding hydrogens is 218 g/mol. The van der Waals surface area contributed by atoms with Crippen molar-refractivity contribution in [2.45, 2.75) is 13.3 Å². The summed E-state index contributed by atoms with van der Waals surface area (Å²) < 4.78 is 5.12. The second kappa shape index (κ2) is 5.19. The number of aryl methyl sites for hydroxylation is 1. The number of cyclic esters (lactones) is 1. The molecule has 0 spiro atoms. The Morgan fingerprint density at radius 3 is 2.76 bits per heavy atom. The Balaban J connectivity index is 2.12. The van der Waals surface area contributed by atoms with Crippen LogP contribution >= 0.6 is 0 Å². The van der Waals surface area contributed by atoms with Crippen LogP contribution in [0.2, 0.25) is 0 Å². The molecule has 1 N–H and O–H groups in total. The average Bonchev–Trinajstić information content (AvgIpc) is 2.33. The van der Waals surface area contributed by atoms with Gasteiger partial charge in [0.05, 0.1) is 6.61 Å². The number of ether oxygens (including phenoxy) is 1. The van der Waals surface area contributed by atoms with Crippen LogP contribution in [0.4, 0.5) is 10.5 Å². The van der Waals surface area contributed by atoms with Crippen LogP contribution in [0.5, 0.6) is 0 Å². The van der Waals surface area contributed by atoms with Gasteiger partial charge in [0.15, 0.2) is 0 Å². The lowest BCUT2D eigenvalue weighted by Gasteiger charge is -2.32. The SMILES string of the molecule is Cc1ccc(N2CC(CCO)COC2=O)cc1. The van der Waals surface area contributed by atoms with Gasteiger partial charge in [-0.2, -0.15) is 0 Å². The number of hydrogen-bond donors (Lipinski definition) is 1. The third-order valence-corrected chi connectivity index (χ3v) is 2.99. The van der Waals surface area contributed by atoms with E-state index in [0.29, 0.717) is 19.6 Å². The van der Waals surface area contributed by atoms with Gasteiger partial charge >= 0.3 is 6.09 Å². The smallest absolute Gasteiger partial charge is 0.414 e. The van der Waals surface area contributed by atoms with E-state index in [9.17, 15) is 4.79 Å². The first-order valence-corrected chi connectivity index (χ1v) is 5.82. The first-order valence-electron chi connectivity index (χ1n) is 5.82. The van der Waals surface area contributed by atoms with Crippen LogP contribution < -0.4 is 4.90 Å². The molecule has 1 saturated heterocycles. The maximum atomic E-state index is 11.7. The van der Waals surface area contributed by atoms with Crippen LogP contribution in [0, 0.1) is 12.8 Å². The molecule has 1 heterocycles. The van der Waals surface area contributed by atoms with Gasteiger partial charge in [0.1, 0.15) is 0 Å². The van der Waals surface area contributed by atoms with Gasteiger partial charge in [0, 0.05) is 24.8 Å². The lowest BCUT2D eigenvalue weighted by molar-refractivity contribution is 0.104. The second-order valence-electron chi connectivity index (χ2n) is 4.40. The van der Waals surface area contributed by atoms with Crippen molar-refractivity contribution >= 4 is 11.8 Å². The molecule has 1 aliphatic heterocycles. The van der Waals surface area contributed by atoms with E-state index < -0.39 is 0 Å². The molecular formula is C13H17NO3. The molecule has 0 radical (unpaired) electrons. The number of aliphatic hydroxyl groups is 1. The highest BCUT2D eigenvalue weighted by Gasteiger charge is 2.27. The average molecular weight is 235 g/mol. The van der Waals surface area contributed by atoms with Gasteiger partial charge < -0.3 is 9.84 Å². The quantitative estimate of drug-likeness (QED) is 0.871. The highest BCUT2D eigenvalue weighted by Crippen LogP contribution is 2.22. The van der Waals surface area contributed by atoms with Gasteiger partial charge in [-0.05, 0) is 25.5 Å². The first kappa shape index (κ1) is 11.9. The zero-order valence-electron chi connectivity index (χ0n) is 9.93. The normalized spacial score (nSPS) is 20.2. The van der Waals surface area contributed by atoms with E-state index in [0.717, 1.165) is 11.3 Å². The number of benzene rings is 1.